The van der Waals surface area contributed by atoms with Crippen molar-refractivity contribution in [1.82, 2.24) is 0 Å². The molecule has 2 heterocycles. The van der Waals surface area contributed by atoms with Crippen molar-refractivity contribution in [1.29, 1.82) is 0 Å². The van der Waals surface area contributed by atoms with Gasteiger partial charge < -0.3 is 22.8 Å². The second kappa shape index (κ2) is 14.2. The zero-order valence-corrected chi connectivity index (χ0v) is 31.2. The Hall–Kier alpha value is -0.699. The summed E-state index contributed by atoms with van der Waals surface area (Å²) in [5.74, 6) is -0.241. The van der Waals surface area contributed by atoms with E-state index in [4.69, 9.17) is 34.4 Å². The van der Waals surface area contributed by atoms with Gasteiger partial charge in [0.1, 0.15) is 5.78 Å². The summed E-state index contributed by atoms with van der Waals surface area (Å²) < 4.78 is 32.6. The Morgan fingerprint density at radius 2 is 1.45 bits per heavy atom. The number of ether oxygens (including phenoxy) is 2. The zero-order chi connectivity index (χ0) is 31.6. The highest BCUT2D eigenvalue weighted by Gasteiger charge is 2.51. The number of halogens is 1. The van der Waals surface area contributed by atoms with Crippen LogP contribution in [0.1, 0.15) is 43.5 Å². The monoisotopic (exact) mass is 656 g/mol. The van der Waals surface area contributed by atoms with Crippen molar-refractivity contribution in [3.8, 4) is 0 Å². The summed E-state index contributed by atoms with van der Waals surface area (Å²) in [5, 5.41) is 0.554. The lowest BCUT2D eigenvalue weighted by Gasteiger charge is -2.47. The molecule has 0 aromatic heterocycles. The summed E-state index contributed by atoms with van der Waals surface area (Å²) in [5.41, 5.74) is 0.486. The van der Waals surface area contributed by atoms with E-state index < -0.39 is 25.0 Å². The maximum Gasteiger partial charge on any atom is 0.184 e. The van der Waals surface area contributed by atoms with E-state index in [0.29, 0.717) is 23.6 Å². The van der Waals surface area contributed by atoms with Gasteiger partial charge in [0.05, 0.1) is 43.5 Å². The van der Waals surface area contributed by atoms with Gasteiger partial charge >= 0.3 is 0 Å². The van der Waals surface area contributed by atoms with Crippen molar-refractivity contribution >= 4 is 48.1 Å². The summed E-state index contributed by atoms with van der Waals surface area (Å²) in [6, 6.07) is 6.65. The Bertz CT molecular complexity index is 1060. The van der Waals surface area contributed by atoms with Gasteiger partial charge in [-0.3, -0.25) is 9.59 Å². The van der Waals surface area contributed by atoms with Crippen LogP contribution in [0.5, 0.6) is 0 Å². The predicted octanol–water partition coefficient (Wildman–Crippen LogP) is 7.36. The number of benzene rings is 1. The quantitative estimate of drug-likeness (QED) is 0.0844. The van der Waals surface area contributed by atoms with E-state index in [1.165, 1.54) is 0 Å². The van der Waals surface area contributed by atoms with E-state index in [1.807, 2.05) is 0 Å². The first-order chi connectivity index (χ1) is 19.2. The molecular weight excluding hydrogens is 604 g/mol. The van der Waals surface area contributed by atoms with E-state index in [1.54, 1.807) is 24.3 Å². The van der Waals surface area contributed by atoms with Crippen LogP contribution in [0.15, 0.2) is 24.3 Å². The number of hydrogen-bond donors (Lipinski definition) is 0. The number of Topliss-reactive ketones (excluding diaryl/α,β-unsaturated/α-hetero) is 2. The van der Waals surface area contributed by atoms with E-state index in [9.17, 15) is 9.59 Å². The van der Waals surface area contributed by atoms with Gasteiger partial charge in [-0.15, -0.1) is 0 Å². The maximum absolute atomic E-state index is 13.2. The van der Waals surface area contributed by atoms with Crippen molar-refractivity contribution in [3.63, 3.8) is 0 Å². The van der Waals surface area contributed by atoms with Crippen LogP contribution in [-0.2, 0) is 27.5 Å². The first kappa shape index (κ1) is 35.8. The standard InChI is InChI=1S/C31H53ClO7Si3/c1-20(21(2)37-40(3,4)5)29-28(36-29)18-27-31(39-42(9,10)11)30(38-41(6,7)8)23(19-35-27)16-25(33)17-26(34)22-12-14-24(32)15-13-22/h12-15,20-21,23,27-31H,16-19H2,1-11H3/t20-,21+,23+,27+,28+,29+,30-,31-/m1/s1. The minimum absolute atomic E-state index is 0.0770. The molecule has 0 N–H and O–H groups in total. The molecule has 2 aliphatic rings. The van der Waals surface area contributed by atoms with Crippen LogP contribution in [-0.4, -0.2) is 79.7 Å². The Morgan fingerprint density at radius 3 is 2.00 bits per heavy atom. The zero-order valence-electron chi connectivity index (χ0n) is 27.5. The first-order valence-corrected chi connectivity index (χ1v) is 25.9. The molecule has 2 saturated heterocycles. The number of rotatable bonds is 15. The van der Waals surface area contributed by atoms with Gasteiger partial charge in [-0.2, -0.15) is 0 Å². The molecule has 238 valence electrons. The molecule has 7 nitrogen and oxygen atoms in total. The van der Waals surface area contributed by atoms with Crippen LogP contribution in [0.2, 0.25) is 63.9 Å². The molecule has 0 bridgehead atoms. The predicted molar refractivity (Wildman–Crippen MR) is 176 cm³/mol. The van der Waals surface area contributed by atoms with Crippen LogP contribution in [0, 0.1) is 11.8 Å². The van der Waals surface area contributed by atoms with E-state index in [2.05, 4.69) is 72.8 Å². The van der Waals surface area contributed by atoms with E-state index in [-0.39, 0.29) is 72.9 Å². The molecule has 1 aromatic rings. The van der Waals surface area contributed by atoms with Gasteiger partial charge in [0.15, 0.2) is 30.7 Å². The summed E-state index contributed by atoms with van der Waals surface area (Å²) in [6.45, 7) is 24.4. The summed E-state index contributed by atoms with van der Waals surface area (Å²) in [7, 11) is -5.69. The number of hydrogen-bond acceptors (Lipinski definition) is 7. The SMILES string of the molecule is C[C@@H]([C@@H]1O[C@H]1C[C@@H]1OC[C@H](CC(=O)CC(=O)c2ccc(Cl)cc2)[C@@H](O[Si](C)(C)C)[C@@H]1O[Si](C)(C)C)[C@H](C)O[Si](C)(C)C. The largest absolute Gasteiger partial charge is 0.415 e. The molecule has 11 heteroatoms. The number of epoxide rings is 1. The fraction of sp³-hybridized carbons (Fsp3) is 0.742. The molecule has 2 fully saturated rings. The molecule has 0 aliphatic carbocycles. The normalized spacial score (nSPS) is 28.3. The van der Waals surface area contributed by atoms with E-state index >= 15 is 0 Å². The number of ketones is 2. The van der Waals surface area contributed by atoms with Gasteiger partial charge in [0.2, 0.25) is 0 Å². The van der Waals surface area contributed by atoms with Crippen LogP contribution >= 0.6 is 11.6 Å². The maximum atomic E-state index is 13.2. The third-order valence-electron chi connectivity index (χ3n) is 7.56. The van der Waals surface area contributed by atoms with Crippen molar-refractivity contribution in [2.75, 3.05) is 6.61 Å². The summed E-state index contributed by atoms with van der Waals surface area (Å²) in [4.78, 5) is 26.0. The van der Waals surface area contributed by atoms with Crippen molar-refractivity contribution in [3.05, 3.63) is 34.9 Å². The lowest BCUT2D eigenvalue weighted by Crippen LogP contribution is -2.58. The molecule has 0 amide bonds. The average molecular weight is 657 g/mol. The van der Waals surface area contributed by atoms with Gasteiger partial charge in [0.25, 0.3) is 0 Å². The second-order valence-corrected chi connectivity index (χ2v) is 28.9. The van der Waals surface area contributed by atoms with Gasteiger partial charge in [-0.1, -0.05) is 18.5 Å². The van der Waals surface area contributed by atoms with Crippen molar-refractivity contribution < 1.29 is 32.3 Å². The van der Waals surface area contributed by atoms with Crippen LogP contribution in [0.3, 0.4) is 0 Å². The Balaban J connectivity index is 1.74. The third kappa shape index (κ3) is 11.3. The summed E-state index contributed by atoms with van der Waals surface area (Å²) in [6.07, 6.45) is 0.294. The molecule has 0 saturated carbocycles. The molecular formula is C31H53ClO7Si3. The third-order valence-corrected chi connectivity index (χ3v) is 10.8. The van der Waals surface area contributed by atoms with E-state index in [0.717, 1.165) is 0 Å². The molecule has 0 unspecified atom stereocenters. The average Bonchev–Trinajstić information content (AvgIpc) is 3.59. The Kier molecular flexibility index (Phi) is 12.1. The Labute approximate surface area is 261 Å². The van der Waals surface area contributed by atoms with Crippen LogP contribution in [0.4, 0.5) is 0 Å². The second-order valence-electron chi connectivity index (χ2n) is 15.0. The highest BCUT2D eigenvalue weighted by atomic mass is 35.5. The number of carbonyl (C=O) groups is 2. The van der Waals surface area contributed by atoms with Gasteiger partial charge in [0, 0.05) is 41.4 Å². The first-order valence-electron chi connectivity index (χ1n) is 15.3. The molecule has 3 rings (SSSR count). The Morgan fingerprint density at radius 1 is 0.881 bits per heavy atom. The van der Waals surface area contributed by atoms with Gasteiger partial charge in [-0.25, -0.2) is 0 Å². The molecule has 8 atom stereocenters. The molecule has 2 aliphatic heterocycles. The fourth-order valence-electron chi connectivity index (χ4n) is 5.67. The highest BCUT2D eigenvalue weighted by molar-refractivity contribution is 6.70. The lowest BCUT2D eigenvalue weighted by atomic mass is 9.85. The molecule has 1 aromatic carbocycles. The minimum atomic E-state index is -2.02. The van der Waals surface area contributed by atoms with Crippen molar-refractivity contribution in [2.24, 2.45) is 11.8 Å². The fourth-order valence-corrected chi connectivity index (χ4v) is 9.37. The lowest BCUT2D eigenvalue weighted by molar-refractivity contribution is -0.158. The molecule has 0 spiro atoms. The topological polar surface area (TPSA) is 83.6 Å². The molecule has 42 heavy (non-hydrogen) atoms. The smallest absolute Gasteiger partial charge is 0.184 e. The van der Waals surface area contributed by atoms with Gasteiger partial charge in [-0.05, 0) is 90.1 Å². The van der Waals surface area contributed by atoms with Crippen molar-refractivity contribution in [2.45, 2.75) is 129 Å². The highest BCUT2D eigenvalue weighted by Crippen LogP contribution is 2.40. The van der Waals surface area contributed by atoms with Crippen LogP contribution in [0.25, 0.3) is 0 Å². The van der Waals surface area contributed by atoms with Crippen LogP contribution < -0.4 is 0 Å². The minimum Gasteiger partial charge on any atom is -0.415 e. The summed E-state index contributed by atoms with van der Waals surface area (Å²) >= 11 is 5.96. The number of carbonyl (C=O) groups excluding carboxylic acids is 2. The molecule has 0 radical (unpaired) electrons.